The summed E-state index contributed by atoms with van der Waals surface area (Å²) in [5.74, 6) is 2.53. The molecule has 3 heterocycles. The number of hydrogen-bond donors (Lipinski definition) is 1. The third-order valence-electron chi connectivity index (χ3n) is 3.22. The van der Waals surface area contributed by atoms with E-state index >= 15 is 0 Å². The molecule has 17 heavy (non-hydrogen) atoms. The van der Waals surface area contributed by atoms with Crippen LogP contribution >= 0.6 is 0 Å². The molecule has 7 nitrogen and oxygen atoms in total. The first-order valence-electron chi connectivity index (χ1n) is 5.80. The summed E-state index contributed by atoms with van der Waals surface area (Å²) in [5, 5.41) is 12.5. The largest absolute Gasteiger partial charge is 0.330 e. The smallest absolute Gasteiger partial charge is 0.154 e. The van der Waals surface area contributed by atoms with Crippen LogP contribution in [-0.2, 0) is 19.5 Å². The maximum atomic E-state index is 5.73. The van der Waals surface area contributed by atoms with Gasteiger partial charge < -0.3 is 10.3 Å². The van der Waals surface area contributed by atoms with Gasteiger partial charge in [-0.3, -0.25) is 0 Å². The lowest BCUT2D eigenvalue weighted by molar-refractivity contribution is 0.364. The third-order valence-corrected chi connectivity index (χ3v) is 3.22. The van der Waals surface area contributed by atoms with Gasteiger partial charge in [-0.25, -0.2) is 9.67 Å². The van der Waals surface area contributed by atoms with Crippen molar-refractivity contribution in [3.05, 3.63) is 24.3 Å². The van der Waals surface area contributed by atoms with E-state index in [0.29, 0.717) is 12.5 Å². The Balaban J connectivity index is 1.84. The number of nitrogens with two attached hydrogens (primary N) is 1. The number of fused-ring (bicyclic) bond motifs is 1. The van der Waals surface area contributed by atoms with E-state index in [-0.39, 0.29) is 0 Å². The Morgan fingerprint density at radius 1 is 1.41 bits per heavy atom. The van der Waals surface area contributed by atoms with Crippen LogP contribution in [-0.4, -0.2) is 36.1 Å². The Hall–Kier alpha value is -1.76. The van der Waals surface area contributed by atoms with E-state index in [9.17, 15) is 0 Å². The highest BCUT2D eigenvalue weighted by Crippen LogP contribution is 2.19. The Morgan fingerprint density at radius 2 is 2.35 bits per heavy atom. The van der Waals surface area contributed by atoms with E-state index in [1.54, 1.807) is 11.0 Å². The molecule has 2 aromatic heterocycles. The van der Waals surface area contributed by atoms with E-state index in [0.717, 1.165) is 37.6 Å². The minimum atomic E-state index is 0.535. The normalized spacial score (nSPS) is 19.2. The van der Waals surface area contributed by atoms with E-state index in [1.165, 1.54) is 6.33 Å². The van der Waals surface area contributed by atoms with Gasteiger partial charge in [-0.1, -0.05) is 0 Å². The Morgan fingerprint density at radius 3 is 3.12 bits per heavy atom. The fraction of sp³-hybridized carbons (Fsp3) is 0.600. The summed E-state index contributed by atoms with van der Waals surface area (Å²) in [6.45, 7) is 2.26. The summed E-state index contributed by atoms with van der Waals surface area (Å²) in [5.41, 5.74) is 5.73. The van der Waals surface area contributed by atoms with Crippen LogP contribution in [0.4, 0.5) is 0 Å². The molecule has 1 atom stereocenters. The van der Waals surface area contributed by atoms with Gasteiger partial charge in [0, 0.05) is 13.0 Å². The van der Waals surface area contributed by atoms with Crippen molar-refractivity contribution in [2.24, 2.45) is 11.7 Å². The van der Waals surface area contributed by atoms with Crippen molar-refractivity contribution in [3.8, 4) is 0 Å². The van der Waals surface area contributed by atoms with E-state index < -0.39 is 0 Å². The number of nitrogens with zero attached hydrogens (tertiary/aromatic N) is 6. The lowest BCUT2D eigenvalue weighted by Gasteiger charge is -2.22. The van der Waals surface area contributed by atoms with E-state index in [2.05, 4.69) is 24.8 Å². The first-order valence-corrected chi connectivity index (χ1v) is 5.80. The van der Waals surface area contributed by atoms with Crippen molar-refractivity contribution in [2.75, 3.05) is 6.54 Å². The van der Waals surface area contributed by atoms with Crippen molar-refractivity contribution in [2.45, 2.75) is 25.9 Å². The molecule has 3 rings (SSSR count). The molecule has 7 heteroatoms. The van der Waals surface area contributed by atoms with Crippen LogP contribution in [0, 0.1) is 5.92 Å². The number of hydrogen-bond acceptors (Lipinski definition) is 5. The molecule has 2 aromatic rings. The highest BCUT2D eigenvalue weighted by Gasteiger charge is 2.21. The second-order valence-electron chi connectivity index (χ2n) is 4.38. The number of aromatic nitrogens is 6. The molecule has 1 aliphatic rings. The fourth-order valence-corrected chi connectivity index (χ4v) is 2.22. The Kier molecular flexibility index (Phi) is 2.60. The monoisotopic (exact) mass is 233 g/mol. The number of aryl methyl sites for hydroxylation is 1. The van der Waals surface area contributed by atoms with Crippen LogP contribution in [0.3, 0.4) is 0 Å². The van der Waals surface area contributed by atoms with Crippen molar-refractivity contribution in [1.82, 2.24) is 29.5 Å². The summed E-state index contributed by atoms with van der Waals surface area (Å²) < 4.78 is 3.92. The Bertz CT molecular complexity index is 487. The molecule has 0 saturated carbocycles. The third kappa shape index (κ3) is 1.93. The highest BCUT2D eigenvalue weighted by molar-refractivity contribution is 5.00. The minimum absolute atomic E-state index is 0.535. The molecule has 0 spiro atoms. The summed E-state index contributed by atoms with van der Waals surface area (Å²) in [4.78, 5) is 3.92. The molecule has 0 amide bonds. The van der Waals surface area contributed by atoms with Gasteiger partial charge in [-0.15, -0.1) is 10.2 Å². The first kappa shape index (κ1) is 10.4. The molecule has 90 valence electrons. The second kappa shape index (κ2) is 4.25. The molecule has 0 fully saturated rings. The van der Waals surface area contributed by atoms with Crippen molar-refractivity contribution < 1.29 is 0 Å². The van der Waals surface area contributed by atoms with Crippen LogP contribution in [0.1, 0.15) is 18.1 Å². The number of rotatable bonds is 3. The van der Waals surface area contributed by atoms with Crippen LogP contribution in [0.2, 0.25) is 0 Å². The molecule has 0 saturated heterocycles. The molecule has 0 aliphatic carbocycles. The molecular weight excluding hydrogens is 218 g/mol. The average Bonchev–Trinajstić information content (AvgIpc) is 2.99. The maximum absolute atomic E-state index is 5.73. The van der Waals surface area contributed by atoms with Crippen LogP contribution in [0.15, 0.2) is 12.7 Å². The van der Waals surface area contributed by atoms with Gasteiger partial charge in [0.15, 0.2) is 5.82 Å². The predicted octanol–water partition coefficient (Wildman–Crippen LogP) is -0.561. The summed E-state index contributed by atoms with van der Waals surface area (Å²) >= 11 is 0. The van der Waals surface area contributed by atoms with Gasteiger partial charge >= 0.3 is 0 Å². The molecule has 1 unspecified atom stereocenters. The zero-order valence-electron chi connectivity index (χ0n) is 9.53. The van der Waals surface area contributed by atoms with Crippen molar-refractivity contribution >= 4 is 0 Å². The minimum Gasteiger partial charge on any atom is -0.330 e. The van der Waals surface area contributed by atoms with Gasteiger partial charge in [0.25, 0.3) is 0 Å². The van der Waals surface area contributed by atoms with Crippen molar-refractivity contribution in [3.63, 3.8) is 0 Å². The van der Waals surface area contributed by atoms with Gasteiger partial charge in [0.1, 0.15) is 25.0 Å². The predicted molar refractivity (Wildman–Crippen MR) is 60.0 cm³/mol. The maximum Gasteiger partial charge on any atom is 0.154 e. The molecule has 2 N–H and O–H groups in total. The topological polar surface area (TPSA) is 87.4 Å². The highest BCUT2D eigenvalue weighted by atomic mass is 15.4. The Labute approximate surface area is 98.7 Å². The molecule has 0 radical (unpaired) electrons. The van der Waals surface area contributed by atoms with Gasteiger partial charge in [0.2, 0.25) is 0 Å². The van der Waals surface area contributed by atoms with Crippen LogP contribution in [0.5, 0.6) is 0 Å². The summed E-state index contributed by atoms with van der Waals surface area (Å²) in [6, 6.07) is 0. The standard InChI is InChI=1S/C10H15N7/c11-3-8-1-2-9-14-15-10(17(9)4-8)5-16-7-12-6-13-16/h6-8H,1-5,11H2. The van der Waals surface area contributed by atoms with E-state index in [1.807, 2.05) is 0 Å². The second-order valence-corrected chi connectivity index (χ2v) is 4.38. The first-order chi connectivity index (χ1) is 8.36. The van der Waals surface area contributed by atoms with Crippen LogP contribution in [0.25, 0.3) is 0 Å². The molecule has 0 bridgehead atoms. The zero-order chi connectivity index (χ0) is 11.7. The zero-order valence-corrected chi connectivity index (χ0v) is 9.53. The summed E-state index contributed by atoms with van der Waals surface area (Å²) in [6.07, 6.45) is 5.28. The van der Waals surface area contributed by atoms with Gasteiger partial charge in [0.05, 0.1) is 0 Å². The molecule has 1 aliphatic heterocycles. The molecular formula is C10H15N7. The lowest BCUT2D eigenvalue weighted by atomic mass is 10.00. The van der Waals surface area contributed by atoms with Crippen molar-refractivity contribution in [1.29, 1.82) is 0 Å². The molecule has 0 aromatic carbocycles. The average molecular weight is 233 g/mol. The quantitative estimate of drug-likeness (QED) is 0.767. The van der Waals surface area contributed by atoms with Gasteiger partial charge in [-0.2, -0.15) is 5.10 Å². The van der Waals surface area contributed by atoms with Crippen LogP contribution < -0.4 is 5.73 Å². The fourth-order valence-electron chi connectivity index (χ4n) is 2.22. The summed E-state index contributed by atoms with van der Waals surface area (Å²) in [7, 11) is 0. The van der Waals surface area contributed by atoms with Gasteiger partial charge in [-0.05, 0) is 18.9 Å². The lowest BCUT2D eigenvalue weighted by Crippen LogP contribution is -2.27. The SMILES string of the molecule is NCC1CCc2nnc(Cn3cncn3)n2C1. The van der Waals surface area contributed by atoms with E-state index in [4.69, 9.17) is 5.73 Å².